The molecule has 0 radical (unpaired) electrons. The van der Waals surface area contributed by atoms with Crippen LogP contribution >= 0.6 is 12.2 Å². The highest BCUT2D eigenvalue weighted by Gasteiger charge is 2.09. The van der Waals surface area contributed by atoms with Crippen LogP contribution in [0.3, 0.4) is 0 Å². The largest absolute Gasteiger partial charge is 0.354 e. The summed E-state index contributed by atoms with van der Waals surface area (Å²) in [5.41, 5.74) is 3.11. The molecule has 0 spiro atoms. The second-order valence-corrected chi connectivity index (χ2v) is 5.62. The zero-order valence-corrected chi connectivity index (χ0v) is 12.3. The summed E-state index contributed by atoms with van der Waals surface area (Å²) >= 11 is 5.28. The fourth-order valence-corrected chi connectivity index (χ4v) is 2.22. The molecule has 2 rings (SSSR count). The van der Waals surface area contributed by atoms with Crippen LogP contribution in [0.1, 0.15) is 19.4 Å². The number of imidazole rings is 1. The van der Waals surface area contributed by atoms with Crippen molar-refractivity contribution in [3.05, 3.63) is 28.5 Å². The molecule has 2 N–H and O–H groups in total. The molecule has 19 heavy (non-hydrogen) atoms. The molecule has 0 aliphatic heterocycles. The van der Waals surface area contributed by atoms with Crippen molar-refractivity contribution in [2.75, 3.05) is 6.54 Å². The molecule has 0 saturated carbocycles. The number of hydrogen-bond donors (Lipinski definition) is 2. The van der Waals surface area contributed by atoms with Crippen LogP contribution in [0.4, 0.5) is 0 Å². The average molecular weight is 277 g/mol. The molecule has 1 amide bonds. The third kappa shape index (κ3) is 3.23. The second-order valence-electron chi connectivity index (χ2n) is 5.23. The minimum atomic E-state index is -0.00808. The SMILES string of the molecule is Cc1ccc2c(c1)[nH]c(=S)n2CC(=O)NCC(C)C. The van der Waals surface area contributed by atoms with E-state index >= 15 is 0 Å². The highest BCUT2D eigenvalue weighted by molar-refractivity contribution is 7.71. The summed E-state index contributed by atoms with van der Waals surface area (Å²) in [6, 6.07) is 6.05. The number of carbonyl (C=O) groups excluding carboxylic acids is 1. The van der Waals surface area contributed by atoms with Crippen LogP contribution in [0.5, 0.6) is 0 Å². The number of H-pyrrole nitrogens is 1. The van der Waals surface area contributed by atoms with Crippen molar-refractivity contribution >= 4 is 29.2 Å². The maximum Gasteiger partial charge on any atom is 0.240 e. The molecule has 4 nitrogen and oxygen atoms in total. The monoisotopic (exact) mass is 277 g/mol. The number of amides is 1. The van der Waals surface area contributed by atoms with Gasteiger partial charge in [-0.05, 0) is 42.8 Å². The van der Waals surface area contributed by atoms with Gasteiger partial charge in [0.2, 0.25) is 5.91 Å². The Balaban J connectivity index is 2.23. The zero-order valence-electron chi connectivity index (χ0n) is 11.5. The summed E-state index contributed by atoms with van der Waals surface area (Å²) in [6.07, 6.45) is 0. The van der Waals surface area contributed by atoms with Crippen LogP contribution < -0.4 is 5.32 Å². The lowest BCUT2D eigenvalue weighted by Crippen LogP contribution is -2.30. The minimum Gasteiger partial charge on any atom is -0.354 e. The molecular formula is C14H19N3OS. The van der Waals surface area contributed by atoms with E-state index in [0.717, 1.165) is 11.0 Å². The van der Waals surface area contributed by atoms with Crippen molar-refractivity contribution in [2.24, 2.45) is 5.92 Å². The van der Waals surface area contributed by atoms with Gasteiger partial charge in [-0.3, -0.25) is 4.79 Å². The van der Waals surface area contributed by atoms with E-state index in [0.29, 0.717) is 17.2 Å². The fourth-order valence-electron chi connectivity index (χ4n) is 1.95. The Morgan fingerprint density at radius 2 is 2.21 bits per heavy atom. The molecule has 0 saturated heterocycles. The standard InChI is InChI=1S/C14H19N3OS/c1-9(2)7-15-13(18)8-17-12-5-4-10(3)6-11(12)16-14(17)19/h4-6,9H,7-8H2,1-3H3,(H,15,18)(H,16,19). The van der Waals surface area contributed by atoms with Gasteiger partial charge in [-0.1, -0.05) is 19.9 Å². The topological polar surface area (TPSA) is 49.8 Å². The highest BCUT2D eigenvalue weighted by Crippen LogP contribution is 2.15. The molecule has 1 aromatic heterocycles. The van der Waals surface area contributed by atoms with E-state index in [1.165, 1.54) is 5.56 Å². The van der Waals surface area contributed by atoms with Crippen LogP contribution in [-0.2, 0) is 11.3 Å². The van der Waals surface area contributed by atoms with Gasteiger partial charge < -0.3 is 14.9 Å². The smallest absolute Gasteiger partial charge is 0.240 e. The van der Waals surface area contributed by atoms with Gasteiger partial charge in [-0.25, -0.2) is 0 Å². The number of nitrogens with one attached hydrogen (secondary N) is 2. The Kier molecular flexibility index (Phi) is 4.04. The molecule has 0 aliphatic carbocycles. The van der Waals surface area contributed by atoms with Gasteiger partial charge in [0.25, 0.3) is 0 Å². The molecular weight excluding hydrogens is 258 g/mol. The van der Waals surface area contributed by atoms with Crippen molar-refractivity contribution in [1.82, 2.24) is 14.9 Å². The van der Waals surface area contributed by atoms with Gasteiger partial charge in [0.15, 0.2) is 4.77 Å². The Morgan fingerprint density at radius 1 is 1.47 bits per heavy atom. The number of hydrogen-bond acceptors (Lipinski definition) is 2. The van der Waals surface area contributed by atoms with Crippen molar-refractivity contribution < 1.29 is 4.79 Å². The summed E-state index contributed by atoms with van der Waals surface area (Å²) in [5, 5.41) is 2.90. The second kappa shape index (κ2) is 5.57. The molecule has 1 heterocycles. The first-order chi connectivity index (χ1) is 8.97. The summed E-state index contributed by atoms with van der Waals surface area (Å²) < 4.78 is 2.42. The van der Waals surface area contributed by atoms with Crippen molar-refractivity contribution in [1.29, 1.82) is 0 Å². The van der Waals surface area contributed by atoms with Crippen molar-refractivity contribution in [2.45, 2.75) is 27.3 Å². The van der Waals surface area contributed by atoms with E-state index in [-0.39, 0.29) is 12.5 Å². The summed E-state index contributed by atoms with van der Waals surface area (Å²) in [5.74, 6) is 0.439. The number of aromatic nitrogens is 2. The maximum absolute atomic E-state index is 11.9. The highest BCUT2D eigenvalue weighted by atomic mass is 32.1. The third-order valence-corrected chi connectivity index (χ3v) is 3.26. The maximum atomic E-state index is 11.9. The quantitative estimate of drug-likeness (QED) is 0.844. The van der Waals surface area contributed by atoms with Crippen LogP contribution in [0.25, 0.3) is 11.0 Å². The van der Waals surface area contributed by atoms with Gasteiger partial charge in [0.05, 0.1) is 11.0 Å². The first kappa shape index (κ1) is 13.8. The van der Waals surface area contributed by atoms with Crippen molar-refractivity contribution in [3.63, 3.8) is 0 Å². The van der Waals surface area contributed by atoms with Crippen molar-refractivity contribution in [3.8, 4) is 0 Å². The van der Waals surface area contributed by atoms with E-state index < -0.39 is 0 Å². The lowest BCUT2D eigenvalue weighted by molar-refractivity contribution is -0.121. The molecule has 0 aliphatic rings. The van der Waals surface area contributed by atoms with Gasteiger partial charge in [0, 0.05) is 6.54 Å². The third-order valence-electron chi connectivity index (χ3n) is 2.94. The van der Waals surface area contributed by atoms with Gasteiger partial charge in [0.1, 0.15) is 6.54 Å². The van der Waals surface area contributed by atoms with E-state index in [1.807, 2.05) is 29.7 Å². The van der Waals surface area contributed by atoms with Gasteiger partial charge >= 0.3 is 0 Å². The molecule has 102 valence electrons. The van der Waals surface area contributed by atoms with E-state index in [1.54, 1.807) is 0 Å². The number of aromatic amines is 1. The summed E-state index contributed by atoms with van der Waals surface area (Å²) in [4.78, 5) is 15.0. The molecule has 0 unspecified atom stereocenters. The fraction of sp³-hybridized carbons (Fsp3) is 0.429. The lowest BCUT2D eigenvalue weighted by Gasteiger charge is -2.08. The lowest BCUT2D eigenvalue weighted by atomic mass is 10.2. The van der Waals surface area contributed by atoms with E-state index in [9.17, 15) is 4.79 Å². The Hall–Kier alpha value is -1.62. The normalized spacial score (nSPS) is 11.2. The van der Waals surface area contributed by atoms with Crippen LogP contribution in [0.15, 0.2) is 18.2 Å². The molecule has 2 aromatic rings. The Labute approximate surface area is 117 Å². The van der Waals surface area contributed by atoms with E-state index in [2.05, 4.69) is 24.1 Å². The first-order valence-electron chi connectivity index (χ1n) is 6.43. The molecule has 0 atom stereocenters. The molecule has 0 fully saturated rings. The number of fused-ring (bicyclic) bond motifs is 1. The van der Waals surface area contributed by atoms with Gasteiger partial charge in [-0.2, -0.15) is 0 Å². The predicted molar refractivity (Wildman–Crippen MR) is 79.7 cm³/mol. The summed E-state index contributed by atoms with van der Waals surface area (Å²) in [7, 11) is 0. The zero-order chi connectivity index (χ0) is 14.0. The summed E-state index contributed by atoms with van der Waals surface area (Å²) in [6.45, 7) is 7.12. The molecule has 5 heteroatoms. The van der Waals surface area contributed by atoms with Crippen LogP contribution in [0.2, 0.25) is 0 Å². The number of aryl methyl sites for hydroxylation is 1. The molecule has 1 aromatic carbocycles. The number of benzene rings is 1. The minimum absolute atomic E-state index is 0.00808. The van der Waals surface area contributed by atoms with E-state index in [4.69, 9.17) is 12.2 Å². The Morgan fingerprint density at radius 3 is 2.89 bits per heavy atom. The van der Waals surface area contributed by atoms with Crippen LogP contribution in [-0.4, -0.2) is 22.0 Å². The molecule has 0 bridgehead atoms. The Bertz CT molecular complexity index is 654. The first-order valence-corrected chi connectivity index (χ1v) is 6.84. The van der Waals surface area contributed by atoms with Crippen LogP contribution in [0, 0.1) is 17.6 Å². The number of carbonyl (C=O) groups is 1. The number of rotatable bonds is 4. The average Bonchev–Trinajstić information content (AvgIpc) is 2.62. The number of nitrogens with zero attached hydrogens (tertiary/aromatic N) is 1. The van der Waals surface area contributed by atoms with Gasteiger partial charge in [-0.15, -0.1) is 0 Å². The predicted octanol–water partition coefficient (Wildman–Crippen LogP) is 2.78.